The third-order valence-corrected chi connectivity index (χ3v) is 2.85. The monoisotopic (exact) mass is 278 g/mol. The number of phenolic OH excluding ortho intramolecular Hbond substituents is 1. The molecule has 19 heavy (non-hydrogen) atoms. The molecule has 0 aliphatic heterocycles. The Morgan fingerprint density at radius 2 is 1.89 bits per heavy atom. The Bertz CT molecular complexity index is 599. The molecule has 0 aliphatic carbocycles. The van der Waals surface area contributed by atoms with Gasteiger partial charge in [0, 0.05) is 35.0 Å². The van der Waals surface area contributed by atoms with E-state index in [4.69, 9.17) is 11.6 Å². The Balaban J connectivity index is 2.12. The summed E-state index contributed by atoms with van der Waals surface area (Å²) in [4.78, 5) is 10.2. The lowest BCUT2D eigenvalue weighted by Gasteiger charge is -2.08. The van der Waals surface area contributed by atoms with E-state index in [0.29, 0.717) is 10.6 Å². The highest BCUT2D eigenvalue weighted by atomic mass is 35.5. The second-order valence-electron chi connectivity index (χ2n) is 3.93. The number of non-ortho nitro benzene ring substituents is 1. The van der Waals surface area contributed by atoms with Crippen LogP contribution < -0.4 is 5.32 Å². The molecule has 2 rings (SSSR count). The van der Waals surface area contributed by atoms with Crippen LogP contribution in [0.15, 0.2) is 42.5 Å². The number of nitrogens with zero attached hydrogens (tertiary/aromatic N) is 1. The second kappa shape index (κ2) is 5.58. The number of halogens is 1. The van der Waals surface area contributed by atoms with Crippen LogP contribution >= 0.6 is 11.6 Å². The van der Waals surface area contributed by atoms with Gasteiger partial charge in [-0.3, -0.25) is 10.1 Å². The van der Waals surface area contributed by atoms with E-state index in [1.807, 2.05) is 0 Å². The topological polar surface area (TPSA) is 75.4 Å². The van der Waals surface area contributed by atoms with Crippen molar-refractivity contribution in [2.45, 2.75) is 6.54 Å². The zero-order valence-electron chi connectivity index (χ0n) is 9.84. The average Bonchev–Trinajstić information content (AvgIpc) is 2.39. The minimum Gasteiger partial charge on any atom is -0.508 e. The molecule has 6 heteroatoms. The maximum absolute atomic E-state index is 10.7. The smallest absolute Gasteiger partial charge is 0.270 e. The summed E-state index contributed by atoms with van der Waals surface area (Å²) in [5.74, 6) is 0.0204. The van der Waals surface area contributed by atoms with Gasteiger partial charge in [-0.05, 0) is 30.3 Å². The van der Waals surface area contributed by atoms with Crippen LogP contribution in [-0.2, 0) is 6.54 Å². The number of hydrogen-bond donors (Lipinski definition) is 2. The van der Waals surface area contributed by atoms with Crippen LogP contribution in [0, 0.1) is 10.1 Å². The van der Waals surface area contributed by atoms with Crippen molar-refractivity contribution in [1.29, 1.82) is 0 Å². The number of hydrogen-bond acceptors (Lipinski definition) is 4. The van der Waals surface area contributed by atoms with Crippen LogP contribution in [0.25, 0.3) is 0 Å². The minimum atomic E-state index is -0.495. The van der Waals surface area contributed by atoms with Crippen LogP contribution in [-0.4, -0.2) is 10.0 Å². The van der Waals surface area contributed by atoms with E-state index >= 15 is 0 Å². The third kappa shape index (κ3) is 3.35. The molecular formula is C13H11ClN2O3. The van der Waals surface area contributed by atoms with Gasteiger partial charge >= 0.3 is 0 Å². The van der Waals surface area contributed by atoms with Gasteiger partial charge in [0.15, 0.2) is 0 Å². The van der Waals surface area contributed by atoms with Crippen molar-refractivity contribution in [1.82, 2.24) is 0 Å². The van der Waals surface area contributed by atoms with Gasteiger partial charge in [0.05, 0.1) is 4.92 Å². The van der Waals surface area contributed by atoms with Crippen molar-refractivity contribution in [3.05, 3.63) is 63.2 Å². The predicted molar refractivity (Wildman–Crippen MR) is 73.5 cm³/mol. The summed E-state index contributed by atoms with van der Waals surface area (Å²) < 4.78 is 0. The van der Waals surface area contributed by atoms with Crippen molar-refractivity contribution >= 4 is 23.0 Å². The summed E-state index contributed by atoms with van der Waals surface area (Å²) in [5.41, 5.74) is 1.23. The molecule has 0 saturated carbocycles. The Hall–Kier alpha value is -2.27. The highest BCUT2D eigenvalue weighted by molar-refractivity contribution is 6.30. The summed E-state index contributed by atoms with van der Waals surface area (Å²) in [6, 6.07) is 11.0. The number of nitro groups is 1. The lowest BCUT2D eigenvalue weighted by atomic mass is 10.1. The molecule has 0 atom stereocenters. The van der Waals surface area contributed by atoms with Crippen molar-refractivity contribution in [3.8, 4) is 5.75 Å². The number of nitrogens with one attached hydrogen (secondary N) is 1. The van der Waals surface area contributed by atoms with Crippen molar-refractivity contribution in [3.63, 3.8) is 0 Å². The van der Waals surface area contributed by atoms with Gasteiger partial charge < -0.3 is 10.4 Å². The number of anilines is 1. The average molecular weight is 279 g/mol. The van der Waals surface area contributed by atoms with E-state index in [0.717, 1.165) is 5.69 Å². The molecule has 2 N–H and O–H groups in total. The van der Waals surface area contributed by atoms with Gasteiger partial charge in [-0.2, -0.15) is 0 Å². The number of nitro benzene ring substituents is 1. The summed E-state index contributed by atoms with van der Waals surface area (Å²) in [6.45, 7) is 0.287. The first-order valence-electron chi connectivity index (χ1n) is 5.52. The lowest BCUT2D eigenvalue weighted by Crippen LogP contribution is -2.00. The number of benzene rings is 2. The molecule has 0 aliphatic rings. The predicted octanol–water partition coefficient (Wildman–Crippen LogP) is 3.57. The summed E-state index contributed by atoms with van der Waals surface area (Å²) in [5, 5.41) is 24.0. The lowest BCUT2D eigenvalue weighted by molar-refractivity contribution is -0.384. The van der Waals surface area contributed by atoms with Crippen LogP contribution in [0.5, 0.6) is 5.75 Å². The Morgan fingerprint density at radius 3 is 2.53 bits per heavy atom. The summed E-state index contributed by atoms with van der Waals surface area (Å²) in [7, 11) is 0. The summed E-state index contributed by atoms with van der Waals surface area (Å²) >= 11 is 5.77. The van der Waals surface area contributed by atoms with Gasteiger partial charge in [-0.25, -0.2) is 0 Å². The fourth-order valence-electron chi connectivity index (χ4n) is 1.59. The molecule has 0 fully saturated rings. The minimum absolute atomic E-state index is 0.0204. The summed E-state index contributed by atoms with van der Waals surface area (Å²) in [6.07, 6.45) is 0. The molecule has 0 radical (unpaired) electrons. The highest BCUT2D eigenvalue weighted by Crippen LogP contribution is 2.24. The van der Waals surface area contributed by atoms with Gasteiger partial charge in [0.1, 0.15) is 5.75 Å². The Morgan fingerprint density at radius 1 is 1.21 bits per heavy atom. The van der Waals surface area contributed by atoms with Gasteiger partial charge in [-0.1, -0.05) is 11.6 Å². The molecule has 0 saturated heterocycles. The van der Waals surface area contributed by atoms with E-state index in [9.17, 15) is 15.2 Å². The molecule has 0 heterocycles. The first kappa shape index (κ1) is 13.2. The molecular weight excluding hydrogens is 268 g/mol. The molecule has 0 bridgehead atoms. The van der Waals surface area contributed by atoms with Crippen LogP contribution in [0.3, 0.4) is 0 Å². The van der Waals surface area contributed by atoms with E-state index < -0.39 is 4.92 Å². The fraction of sp³-hybridized carbons (Fsp3) is 0.0769. The van der Waals surface area contributed by atoms with Crippen LogP contribution in [0.1, 0.15) is 5.56 Å². The van der Waals surface area contributed by atoms with Gasteiger partial charge in [0.25, 0.3) is 5.69 Å². The van der Waals surface area contributed by atoms with Gasteiger partial charge in [-0.15, -0.1) is 0 Å². The van der Waals surface area contributed by atoms with Crippen molar-refractivity contribution < 1.29 is 10.0 Å². The zero-order valence-corrected chi connectivity index (χ0v) is 10.6. The number of phenols is 1. The molecule has 2 aromatic rings. The van der Waals surface area contributed by atoms with Crippen LogP contribution in [0.2, 0.25) is 5.02 Å². The standard InChI is InChI=1S/C13H11ClN2O3/c14-10-1-3-11(4-2-10)15-8-9-7-12(16(18)19)5-6-13(9)17/h1-7,15,17H,8H2. The third-order valence-electron chi connectivity index (χ3n) is 2.60. The molecule has 0 amide bonds. The zero-order chi connectivity index (χ0) is 13.8. The SMILES string of the molecule is O=[N+]([O-])c1ccc(O)c(CNc2ccc(Cl)cc2)c1. The van der Waals surface area contributed by atoms with E-state index in [1.54, 1.807) is 24.3 Å². The Kier molecular flexibility index (Phi) is 3.87. The van der Waals surface area contributed by atoms with Crippen LogP contribution in [0.4, 0.5) is 11.4 Å². The van der Waals surface area contributed by atoms with Crippen molar-refractivity contribution in [2.75, 3.05) is 5.32 Å². The van der Waals surface area contributed by atoms with E-state index in [2.05, 4.69) is 5.32 Å². The largest absolute Gasteiger partial charge is 0.508 e. The normalized spacial score (nSPS) is 10.2. The van der Waals surface area contributed by atoms with Crippen molar-refractivity contribution in [2.24, 2.45) is 0 Å². The Labute approximate surface area is 114 Å². The number of aromatic hydroxyl groups is 1. The van der Waals surface area contributed by atoms with Gasteiger partial charge in [0.2, 0.25) is 0 Å². The molecule has 0 unspecified atom stereocenters. The van der Waals surface area contributed by atoms with E-state index in [-0.39, 0.29) is 18.0 Å². The molecule has 0 spiro atoms. The molecule has 98 valence electrons. The number of rotatable bonds is 4. The second-order valence-corrected chi connectivity index (χ2v) is 4.37. The maximum atomic E-state index is 10.7. The molecule has 2 aromatic carbocycles. The van der Waals surface area contributed by atoms with E-state index in [1.165, 1.54) is 18.2 Å². The highest BCUT2D eigenvalue weighted by Gasteiger charge is 2.09. The molecule has 0 aromatic heterocycles. The first-order chi connectivity index (χ1) is 9.06. The fourth-order valence-corrected chi connectivity index (χ4v) is 1.72. The molecule has 5 nitrogen and oxygen atoms in total. The first-order valence-corrected chi connectivity index (χ1v) is 5.90. The maximum Gasteiger partial charge on any atom is 0.270 e. The quantitative estimate of drug-likeness (QED) is 0.662.